The van der Waals surface area contributed by atoms with Crippen molar-refractivity contribution in [1.29, 1.82) is 0 Å². The van der Waals surface area contributed by atoms with Crippen LogP contribution >= 0.6 is 12.2 Å². The molecular weight excluding hydrogens is 260 g/mol. The van der Waals surface area contributed by atoms with Crippen LogP contribution in [-0.4, -0.2) is 17.8 Å². The van der Waals surface area contributed by atoms with Crippen LogP contribution in [0.15, 0.2) is 24.3 Å². The first-order valence-electron chi connectivity index (χ1n) is 6.49. The average Bonchev–Trinajstić information content (AvgIpc) is 2.38. The van der Waals surface area contributed by atoms with Crippen molar-refractivity contribution in [1.82, 2.24) is 5.32 Å². The molecule has 0 aromatic heterocycles. The number of ether oxygens (including phenoxy) is 1. The van der Waals surface area contributed by atoms with Crippen LogP contribution in [0.4, 0.5) is 10.5 Å². The minimum Gasteiger partial charge on any atom is -0.450 e. The lowest BCUT2D eigenvalue weighted by molar-refractivity contribution is 0.158. The number of aryl methyl sites for hydroxylation is 1. The molecule has 4 nitrogen and oxygen atoms in total. The van der Waals surface area contributed by atoms with Crippen molar-refractivity contribution < 1.29 is 9.53 Å². The van der Waals surface area contributed by atoms with Crippen molar-refractivity contribution in [3.8, 4) is 0 Å². The van der Waals surface area contributed by atoms with Crippen LogP contribution in [0.3, 0.4) is 0 Å². The summed E-state index contributed by atoms with van der Waals surface area (Å²) in [4.78, 5) is 11.2. The van der Waals surface area contributed by atoms with E-state index in [-0.39, 0.29) is 5.11 Å². The van der Waals surface area contributed by atoms with Gasteiger partial charge in [0, 0.05) is 5.69 Å². The van der Waals surface area contributed by atoms with Gasteiger partial charge in [0.1, 0.15) is 0 Å². The molecule has 0 aliphatic rings. The second-order valence-corrected chi connectivity index (χ2v) is 4.51. The predicted octanol–water partition coefficient (Wildman–Crippen LogP) is 3.47. The number of anilines is 1. The highest BCUT2D eigenvalue weighted by Crippen LogP contribution is 2.11. The van der Waals surface area contributed by atoms with Gasteiger partial charge in [0.2, 0.25) is 0 Å². The smallest absolute Gasteiger partial charge is 0.413 e. The molecule has 104 valence electrons. The van der Waals surface area contributed by atoms with Gasteiger partial charge in [0.15, 0.2) is 5.11 Å². The monoisotopic (exact) mass is 280 g/mol. The quantitative estimate of drug-likeness (QED) is 0.811. The molecule has 0 unspecified atom stereocenters. The van der Waals surface area contributed by atoms with E-state index in [4.69, 9.17) is 17.0 Å². The van der Waals surface area contributed by atoms with Crippen molar-refractivity contribution >= 4 is 29.1 Å². The van der Waals surface area contributed by atoms with Crippen LogP contribution < -0.4 is 10.6 Å². The Labute approximate surface area is 119 Å². The molecule has 0 saturated heterocycles. The summed E-state index contributed by atoms with van der Waals surface area (Å²) in [5, 5.41) is 5.61. The van der Waals surface area contributed by atoms with E-state index in [0.29, 0.717) is 6.61 Å². The molecule has 0 aliphatic carbocycles. The van der Waals surface area contributed by atoms with E-state index >= 15 is 0 Å². The van der Waals surface area contributed by atoms with Gasteiger partial charge < -0.3 is 10.1 Å². The summed E-state index contributed by atoms with van der Waals surface area (Å²) in [5.41, 5.74) is 2.15. The third kappa shape index (κ3) is 6.20. The van der Waals surface area contributed by atoms with E-state index in [9.17, 15) is 4.79 Å². The Bertz CT molecular complexity index is 418. The van der Waals surface area contributed by atoms with Gasteiger partial charge in [-0.25, -0.2) is 4.79 Å². The Balaban J connectivity index is 2.44. The zero-order valence-corrected chi connectivity index (χ0v) is 12.2. The predicted molar refractivity (Wildman–Crippen MR) is 81.4 cm³/mol. The van der Waals surface area contributed by atoms with E-state index in [1.165, 1.54) is 18.4 Å². The number of alkyl carbamates (subject to hydrolysis) is 1. The molecule has 1 rings (SSSR count). The van der Waals surface area contributed by atoms with Crippen molar-refractivity contribution in [3.05, 3.63) is 29.8 Å². The molecule has 2 N–H and O–H groups in total. The summed E-state index contributed by atoms with van der Waals surface area (Å²) in [7, 11) is 0. The zero-order valence-electron chi connectivity index (χ0n) is 11.4. The normalized spacial score (nSPS) is 9.79. The Morgan fingerprint density at radius 1 is 1.26 bits per heavy atom. The highest BCUT2D eigenvalue weighted by Gasteiger charge is 2.04. The number of unbranched alkanes of at least 4 members (excludes halogenated alkanes) is 1. The molecule has 0 aliphatic heterocycles. The van der Waals surface area contributed by atoms with Gasteiger partial charge >= 0.3 is 6.09 Å². The first-order chi connectivity index (χ1) is 9.15. The van der Waals surface area contributed by atoms with E-state index in [1.54, 1.807) is 6.92 Å². The van der Waals surface area contributed by atoms with E-state index in [2.05, 4.69) is 29.7 Å². The summed E-state index contributed by atoms with van der Waals surface area (Å²) < 4.78 is 4.74. The SMILES string of the molecule is CCCCc1ccc(NC(=S)NC(=O)OCC)cc1. The van der Waals surface area contributed by atoms with E-state index in [1.807, 2.05) is 12.1 Å². The Hall–Kier alpha value is -1.62. The third-order valence-corrected chi connectivity index (χ3v) is 2.73. The van der Waals surface area contributed by atoms with Gasteiger partial charge in [-0.15, -0.1) is 0 Å². The van der Waals surface area contributed by atoms with Crippen molar-refractivity contribution in [2.24, 2.45) is 0 Å². The van der Waals surface area contributed by atoms with E-state index < -0.39 is 6.09 Å². The molecule has 19 heavy (non-hydrogen) atoms. The molecule has 5 heteroatoms. The van der Waals surface area contributed by atoms with Crippen LogP contribution in [0.2, 0.25) is 0 Å². The minimum absolute atomic E-state index is 0.236. The molecule has 1 aromatic rings. The fourth-order valence-electron chi connectivity index (χ4n) is 1.56. The Kier molecular flexibility index (Phi) is 6.89. The number of carbonyl (C=O) groups is 1. The fraction of sp³-hybridized carbons (Fsp3) is 0.429. The number of hydrogen-bond donors (Lipinski definition) is 2. The second-order valence-electron chi connectivity index (χ2n) is 4.10. The lowest BCUT2D eigenvalue weighted by Crippen LogP contribution is -2.34. The van der Waals surface area contributed by atoms with Crippen LogP contribution in [0.1, 0.15) is 32.3 Å². The van der Waals surface area contributed by atoms with Crippen molar-refractivity contribution in [2.45, 2.75) is 33.1 Å². The standard InChI is InChI=1S/C14H20N2O2S/c1-3-5-6-11-7-9-12(10-8-11)15-13(19)16-14(17)18-4-2/h7-10H,3-6H2,1-2H3,(H2,15,16,17,19). The molecule has 0 fully saturated rings. The summed E-state index contributed by atoms with van der Waals surface area (Å²) in [6.07, 6.45) is 2.92. The number of nitrogens with one attached hydrogen (secondary N) is 2. The van der Waals surface area contributed by atoms with Gasteiger partial charge in [-0.1, -0.05) is 25.5 Å². The number of carbonyl (C=O) groups excluding carboxylic acids is 1. The molecule has 1 amide bonds. The molecular formula is C14H20N2O2S. The van der Waals surface area contributed by atoms with Gasteiger partial charge in [-0.2, -0.15) is 0 Å². The maximum absolute atomic E-state index is 11.2. The number of amides is 1. The number of thiocarbonyl (C=S) groups is 1. The summed E-state index contributed by atoms with van der Waals surface area (Å²) >= 11 is 5.01. The van der Waals surface area contributed by atoms with Crippen LogP contribution in [-0.2, 0) is 11.2 Å². The summed E-state index contributed by atoms with van der Waals surface area (Å²) in [6, 6.07) is 8.02. The molecule has 0 spiro atoms. The second kappa shape index (κ2) is 8.48. The maximum atomic E-state index is 11.2. The Morgan fingerprint density at radius 3 is 2.53 bits per heavy atom. The molecule has 0 atom stereocenters. The number of rotatable bonds is 5. The summed E-state index contributed by atoms with van der Waals surface area (Å²) in [6.45, 7) is 4.24. The molecule has 0 heterocycles. The lowest BCUT2D eigenvalue weighted by Gasteiger charge is -2.09. The first-order valence-corrected chi connectivity index (χ1v) is 6.90. The number of hydrogen-bond acceptors (Lipinski definition) is 3. The average molecular weight is 280 g/mol. The lowest BCUT2D eigenvalue weighted by atomic mass is 10.1. The van der Waals surface area contributed by atoms with Gasteiger partial charge in [0.05, 0.1) is 6.61 Å². The maximum Gasteiger partial charge on any atom is 0.413 e. The van der Waals surface area contributed by atoms with Gasteiger partial charge in [0.25, 0.3) is 0 Å². The molecule has 0 radical (unpaired) electrons. The van der Waals surface area contributed by atoms with Crippen molar-refractivity contribution in [2.75, 3.05) is 11.9 Å². The van der Waals surface area contributed by atoms with E-state index in [0.717, 1.165) is 12.1 Å². The highest BCUT2D eigenvalue weighted by molar-refractivity contribution is 7.80. The largest absolute Gasteiger partial charge is 0.450 e. The van der Waals surface area contributed by atoms with Gasteiger partial charge in [-0.3, -0.25) is 5.32 Å². The van der Waals surface area contributed by atoms with Gasteiger partial charge in [-0.05, 0) is 49.7 Å². The number of benzene rings is 1. The van der Waals surface area contributed by atoms with Crippen LogP contribution in [0.25, 0.3) is 0 Å². The topological polar surface area (TPSA) is 50.4 Å². The zero-order chi connectivity index (χ0) is 14.1. The molecule has 1 aromatic carbocycles. The van der Waals surface area contributed by atoms with Crippen LogP contribution in [0.5, 0.6) is 0 Å². The van der Waals surface area contributed by atoms with Crippen LogP contribution in [0, 0.1) is 0 Å². The minimum atomic E-state index is -0.542. The highest BCUT2D eigenvalue weighted by atomic mass is 32.1. The van der Waals surface area contributed by atoms with Crippen molar-refractivity contribution in [3.63, 3.8) is 0 Å². The third-order valence-electron chi connectivity index (χ3n) is 2.52. The Morgan fingerprint density at radius 2 is 1.95 bits per heavy atom. The molecule has 0 bridgehead atoms. The first kappa shape index (κ1) is 15.4. The summed E-state index contributed by atoms with van der Waals surface area (Å²) in [5.74, 6) is 0. The molecule has 0 saturated carbocycles. The fourth-order valence-corrected chi connectivity index (χ4v) is 1.76.